The fourth-order valence-corrected chi connectivity index (χ4v) is 4.59. The molecule has 1 fully saturated rings. The summed E-state index contributed by atoms with van der Waals surface area (Å²) in [7, 11) is 0. The maximum atomic E-state index is 13.9. The number of amides is 2. The molecule has 1 aliphatic heterocycles. The van der Waals surface area contributed by atoms with Crippen LogP contribution in [0, 0.1) is 0 Å². The Morgan fingerprint density at radius 3 is 2.20 bits per heavy atom. The molecule has 216 valence electrons. The minimum Gasteiger partial charge on any atom is -0.406 e. The number of ether oxygens (including phenoxy) is 1. The Balaban J connectivity index is 1.45. The molecule has 2 aromatic carbocycles. The van der Waals surface area contributed by atoms with E-state index in [0.29, 0.717) is 11.3 Å². The summed E-state index contributed by atoms with van der Waals surface area (Å²) in [6.45, 7) is 0.349. The first-order valence-electron chi connectivity index (χ1n) is 12.2. The molecule has 0 radical (unpaired) electrons. The molecule has 8 nitrogen and oxygen atoms in total. The van der Waals surface area contributed by atoms with Crippen molar-refractivity contribution in [1.82, 2.24) is 9.88 Å². The number of halogens is 6. The first kappa shape index (κ1) is 29.4. The van der Waals surface area contributed by atoms with E-state index in [9.17, 15) is 35.9 Å². The summed E-state index contributed by atoms with van der Waals surface area (Å²) >= 11 is 0. The minimum absolute atomic E-state index is 0.00796. The summed E-state index contributed by atoms with van der Waals surface area (Å²) in [6.07, 6.45) is -7.81. The molecule has 4 rings (SSSR count). The number of hydrogen-bond acceptors (Lipinski definition) is 4. The molecular formula is C27H23F6N5O3. The number of likely N-dealkylation sites (tertiary alicyclic amines) is 1. The van der Waals surface area contributed by atoms with Crippen molar-refractivity contribution in [1.29, 1.82) is 0 Å². The van der Waals surface area contributed by atoms with Crippen LogP contribution >= 0.6 is 0 Å². The normalized spacial score (nSPS) is 14.4. The second-order valence-corrected chi connectivity index (χ2v) is 9.22. The van der Waals surface area contributed by atoms with Crippen LogP contribution < -0.4 is 16.2 Å². The highest BCUT2D eigenvalue weighted by molar-refractivity contribution is 6.02. The minimum atomic E-state index is -4.85. The van der Waals surface area contributed by atoms with Crippen molar-refractivity contribution in [2.24, 2.45) is 16.5 Å². The third kappa shape index (κ3) is 7.32. The summed E-state index contributed by atoms with van der Waals surface area (Å²) in [6, 6.07) is 11.4. The molecule has 0 saturated carbocycles. The number of piperidine rings is 1. The number of nitrogens with zero attached hydrogens (tertiary/aromatic N) is 3. The van der Waals surface area contributed by atoms with Crippen LogP contribution in [0.15, 0.2) is 65.8 Å². The Morgan fingerprint density at radius 1 is 0.927 bits per heavy atom. The zero-order valence-electron chi connectivity index (χ0n) is 21.2. The lowest BCUT2D eigenvalue weighted by Gasteiger charge is -2.33. The lowest BCUT2D eigenvalue weighted by Crippen LogP contribution is -2.38. The Hall–Kier alpha value is -4.62. The number of guanidine groups is 1. The fraction of sp³-hybridized carbons (Fsp3) is 0.259. The van der Waals surface area contributed by atoms with Gasteiger partial charge in [-0.2, -0.15) is 18.2 Å². The first-order chi connectivity index (χ1) is 19.2. The smallest absolute Gasteiger partial charge is 0.406 e. The molecule has 0 spiro atoms. The SMILES string of the molecule is NC(N)=NC(=O)c1ccc(C2CCN(C(=O)c3ccc(-c4cccc(OC(F)(F)F)c4)nc3)CC2)c(C(F)(F)F)c1. The number of aliphatic imine (C=N–C) groups is 1. The van der Waals surface area contributed by atoms with Crippen LogP contribution in [0.2, 0.25) is 0 Å². The maximum absolute atomic E-state index is 13.9. The van der Waals surface area contributed by atoms with Crippen molar-refractivity contribution in [3.05, 3.63) is 83.0 Å². The molecular weight excluding hydrogens is 556 g/mol. The van der Waals surface area contributed by atoms with Crippen LogP contribution in [0.25, 0.3) is 11.3 Å². The molecule has 0 atom stereocenters. The standard InChI is InChI=1S/C27H23F6N5O3/c28-26(29,30)21-13-17(23(39)37-25(34)35)4-6-20(21)15-8-10-38(11-9-15)24(40)18-5-7-22(36-14-18)16-2-1-3-19(12-16)41-27(31,32)33/h1-7,12-15H,8-11H2,(H4,34,35,37,39). The van der Waals surface area contributed by atoms with Gasteiger partial charge in [-0.1, -0.05) is 18.2 Å². The molecule has 1 aliphatic rings. The predicted octanol–water partition coefficient (Wildman–Crippen LogP) is 5.10. The molecule has 2 amide bonds. The Bertz CT molecular complexity index is 1460. The van der Waals surface area contributed by atoms with Gasteiger partial charge in [0, 0.05) is 30.4 Å². The van der Waals surface area contributed by atoms with E-state index in [1.165, 1.54) is 53.6 Å². The van der Waals surface area contributed by atoms with E-state index >= 15 is 0 Å². The van der Waals surface area contributed by atoms with Gasteiger partial charge in [0.25, 0.3) is 11.8 Å². The Labute approximate surface area is 229 Å². The molecule has 41 heavy (non-hydrogen) atoms. The van der Waals surface area contributed by atoms with Gasteiger partial charge < -0.3 is 21.1 Å². The van der Waals surface area contributed by atoms with Gasteiger partial charge in [-0.15, -0.1) is 13.2 Å². The zero-order chi connectivity index (χ0) is 29.9. The summed E-state index contributed by atoms with van der Waals surface area (Å²) in [4.78, 5) is 34.0. The van der Waals surface area contributed by atoms with Crippen LogP contribution in [0.5, 0.6) is 5.75 Å². The van der Waals surface area contributed by atoms with E-state index in [-0.39, 0.29) is 48.5 Å². The van der Waals surface area contributed by atoms with Gasteiger partial charge in [0.1, 0.15) is 5.75 Å². The number of rotatable bonds is 5. The van der Waals surface area contributed by atoms with Crippen molar-refractivity contribution in [2.45, 2.75) is 31.3 Å². The molecule has 0 aliphatic carbocycles. The van der Waals surface area contributed by atoms with Gasteiger partial charge in [0.2, 0.25) is 0 Å². The van der Waals surface area contributed by atoms with Gasteiger partial charge >= 0.3 is 12.5 Å². The Morgan fingerprint density at radius 2 is 1.61 bits per heavy atom. The van der Waals surface area contributed by atoms with Gasteiger partial charge in [-0.3, -0.25) is 14.6 Å². The number of benzene rings is 2. The number of aromatic nitrogens is 1. The summed E-state index contributed by atoms with van der Waals surface area (Å²) in [5.41, 5.74) is 9.90. The number of carbonyl (C=O) groups excluding carboxylic acids is 2. The second-order valence-electron chi connectivity index (χ2n) is 9.22. The van der Waals surface area contributed by atoms with Gasteiger partial charge in [-0.25, -0.2) is 0 Å². The van der Waals surface area contributed by atoms with E-state index in [1.807, 2.05) is 0 Å². The molecule has 1 saturated heterocycles. The highest BCUT2D eigenvalue weighted by atomic mass is 19.4. The molecule has 1 aromatic heterocycles. The topological polar surface area (TPSA) is 124 Å². The van der Waals surface area contributed by atoms with Crippen molar-refractivity contribution in [2.75, 3.05) is 13.1 Å². The van der Waals surface area contributed by atoms with E-state index < -0.39 is 41.6 Å². The van der Waals surface area contributed by atoms with E-state index in [2.05, 4.69) is 14.7 Å². The lowest BCUT2D eigenvalue weighted by atomic mass is 9.85. The molecule has 0 unspecified atom stereocenters. The van der Waals surface area contributed by atoms with Crippen LogP contribution in [-0.2, 0) is 6.18 Å². The third-order valence-electron chi connectivity index (χ3n) is 6.43. The highest BCUT2D eigenvalue weighted by Crippen LogP contribution is 2.39. The number of pyridine rings is 1. The van der Waals surface area contributed by atoms with Gasteiger partial charge in [-0.05, 0) is 60.7 Å². The van der Waals surface area contributed by atoms with Crippen LogP contribution in [-0.4, -0.2) is 47.1 Å². The zero-order valence-corrected chi connectivity index (χ0v) is 21.2. The quantitative estimate of drug-likeness (QED) is 0.246. The molecule has 3 aromatic rings. The van der Waals surface area contributed by atoms with Crippen LogP contribution in [0.3, 0.4) is 0 Å². The van der Waals surface area contributed by atoms with Crippen LogP contribution in [0.4, 0.5) is 26.3 Å². The molecule has 2 heterocycles. The van der Waals surface area contributed by atoms with Gasteiger partial charge in [0.05, 0.1) is 16.8 Å². The average molecular weight is 580 g/mol. The number of alkyl halides is 6. The molecule has 0 bridgehead atoms. The van der Waals surface area contributed by atoms with Crippen LogP contribution in [0.1, 0.15) is 50.6 Å². The third-order valence-corrected chi connectivity index (χ3v) is 6.43. The maximum Gasteiger partial charge on any atom is 0.573 e. The van der Waals surface area contributed by atoms with Crippen molar-refractivity contribution in [3.63, 3.8) is 0 Å². The van der Waals surface area contributed by atoms with Crippen molar-refractivity contribution in [3.8, 4) is 17.0 Å². The fourth-order valence-electron chi connectivity index (χ4n) is 4.59. The van der Waals surface area contributed by atoms with Crippen molar-refractivity contribution < 1.29 is 40.7 Å². The summed E-state index contributed by atoms with van der Waals surface area (Å²) < 4.78 is 83.0. The number of hydrogen-bond donors (Lipinski definition) is 2. The predicted molar refractivity (Wildman–Crippen MR) is 136 cm³/mol. The lowest BCUT2D eigenvalue weighted by molar-refractivity contribution is -0.274. The highest BCUT2D eigenvalue weighted by Gasteiger charge is 2.37. The first-order valence-corrected chi connectivity index (χ1v) is 12.2. The summed E-state index contributed by atoms with van der Waals surface area (Å²) in [5, 5.41) is 0. The second kappa shape index (κ2) is 11.5. The monoisotopic (exact) mass is 579 g/mol. The van der Waals surface area contributed by atoms with Crippen molar-refractivity contribution >= 4 is 17.8 Å². The van der Waals surface area contributed by atoms with E-state index in [1.54, 1.807) is 0 Å². The van der Waals surface area contributed by atoms with Gasteiger partial charge in [0.15, 0.2) is 5.96 Å². The van der Waals surface area contributed by atoms with E-state index in [0.717, 1.165) is 12.1 Å². The summed E-state index contributed by atoms with van der Waals surface area (Å²) in [5.74, 6) is -2.88. The molecule has 4 N–H and O–H groups in total. The Kier molecular flexibility index (Phi) is 8.22. The average Bonchev–Trinajstić information content (AvgIpc) is 2.91. The largest absolute Gasteiger partial charge is 0.573 e. The van der Waals surface area contributed by atoms with E-state index in [4.69, 9.17) is 11.5 Å². The number of nitrogens with two attached hydrogens (primary N) is 2. The number of carbonyl (C=O) groups is 2. The molecule has 14 heteroatoms.